The lowest BCUT2D eigenvalue weighted by atomic mass is 9.99. The summed E-state index contributed by atoms with van der Waals surface area (Å²) in [5.74, 6) is 1.12. The van der Waals surface area contributed by atoms with Crippen LogP contribution in [0, 0.1) is 10.1 Å². The molecule has 0 saturated carbocycles. The molecule has 0 bridgehead atoms. The maximum Gasteiger partial charge on any atom is 0.271 e. The zero-order valence-electron chi connectivity index (χ0n) is 15.5. The number of nitro benzene ring substituents is 1. The number of carbonyl (C=O) groups excluding carboxylic acids is 1. The molecular weight excluding hydrogens is 386 g/mol. The number of nitro groups is 1. The fraction of sp³-hybridized carbons (Fsp3) is 0.316. The van der Waals surface area contributed by atoms with Gasteiger partial charge < -0.3 is 14.8 Å². The van der Waals surface area contributed by atoms with Gasteiger partial charge in [0, 0.05) is 25.2 Å². The number of methoxy groups -OCH3 is 2. The van der Waals surface area contributed by atoms with Crippen molar-refractivity contribution in [2.75, 3.05) is 32.6 Å². The first kappa shape index (κ1) is 19.9. The number of hydrogen-bond donors (Lipinski definition) is 1. The number of hydrogen-bond acceptors (Lipinski definition) is 6. The quantitative estimate of drug-likeness (QED) is 0.585. The smallest absolute Gasteiger partial charge is 0.271 e. The van der Waals surface area contributed by atoms with Crippen molar-refractivity contribution in [1.29, 1.82) is 0 Å². The SMILES string of the molecule is COc1cc2c(cc1OC)CN(CC(=O)Nc1ccc([N+](=O)[O-])cc1Cl)CC2. The Morgan fingerprint density at radius 1 is 1.21 bits per heavy atom. The molecule has 1 heterocycles. The lowest BCUT2D eigenvalue weighted by Gasteiger charge is -2.29. The number of fused-ring (bicyclic) bond motifs is 1. The van der Waals surface area contributed by atoms with Crippen LogP contribution in [0.2, 0.25) is 5.02 Å². The molecular formula is C19H20ClN3O5. The predicted octanol–water partition coefficient (Wildman–Crippen LogP) is 3.26. The van der Waals surface area contributed by atoms with Gasteiger partial charge in [-0.25, -0.2) is 0 Å². The predicted molar refractivity (Wildman–Crippen MR) is 105 cm³/mol. The van der Waals surface area contributed by atoms with Crippen LogP contribution in [-0.2, 0) is 17.8 Å². The number of rotatable bonds is 6. The van der Waals surface area contributed by atoms with Crippen LogP contribution in [0.25, 0.3) is 0 Å². The summed E-state index contributed by atoms with van der Waals surface area (Å²) in [4.78, 5) is 24.7. The molecule has 0 unspecified atom stereocenters. The van der Waals surface area contributed by atoms with Gasteiger partial charge in [-0.15, -0.1) is 0 Å². The number of benzene rings is 2. The summed E-state index contributed by atoms with van der Waals surface area (Å²) in [5, 5.41) is 13.6. The minimum absolute atomic E-state index is 0.125. The molecule has 0 atom stereocenters. The molecule has 2 aromatic carbocycles. The molecule has 28 heavy (non-hydrogen) atoms. The Morgan fingerprint density at radius 2 is 1.89 bits per heavy atom. The van der Waals surface area contributed by atoms with Gasteiger partial charge in [-0.3, -0.25) is 19.8 Å². The largest absolute Gasteiger partial charge is 0.493 e. The standard InChI is InChI=1S/C19H20ClN3O5/c1-27-17-7-12-5-6-22(10-13(12)8-18(17)28-2)11-19(24)21-16-4-3-14(23(25)26)9-15(16)20/h3-4,7-9H,5-6,10-11H2,1-2H3,(H,21,24). The Bertz CT molecular complexity index is 919. The molecule has 1 aliphatic rings. The molecule has 0 spiro atoms. The monoisotopic (exact) mass is 405 g/mol. The zero-order chi connectivity index (χ0) is 20.3. The van der Waals surface area contributed by atoms with E-state index in [-0.39, 0.29) is 23.2 Å². The third-order valence-electron chi connectivity index (χ3n) is 4.60. The van der Waals surface area contributed by atoms with E-state index in [4.69, 9.17) is 21.1 Å². The molecule has 1 amide bonds. The lowest BCUT2D eigenvalue weighted by Crippen LogP contribution is -2.37. The molecule has 0 aliphatic carbocycles. The highest BCUT2D eigenvalue weighted by molar-refractivity contribution is 6.34. The molecule has 0 saturated heterocycles. The van der Waals surface area contributed by atoms with Gasteiger partial charge in [0.15, 0.2) is 11.5 Å². The van der Waals surface area contributed by atoms with Gasteiger partial charge >= 0.3 is 0 Å². The van der Waals surface area contributed by atoms with E-state index in [2.05, 4.69) is 5.32 Å². The second-order valence-corrected chi connectivity index (χ2v) is 6.81. The number of non-ortho nitro benzene ring substituents is 1. The highest BCUT2D eigenvalue weighted by Gasteiger charge is 2.21. The third kappa shape index (κ3) is 4.35. The molecule has 1 aliphatic heterocycles. The molecule has 9 heteroatoms. The van der Waals surface area contributed by atoms with E-state index in [1.165, 1.54) is 23.8 Å². The normalized spacial score (nSPS) is 13.5. The van der Waals surface area contributed by atoms with Crippen LogP contribution in [0.1, 0.15) is 11.1 Å². The van der Waals surface area contributed by atoms with Crippen LogP contribution < -0.4 is 14.8 Å². The first-order chi connectivity index (χ1) is 13.4. The molecule has 1 N–H and O–H groups in total. The van der Waals surface area contributed by atoms with E-state index >= 15 is 0 Å². The number of carbonyl (C=O) groups is 1. The molecule has 148 valence electrons. The van der Waals surface area contributed by atoms with Crippen molar-refractivity contribution in [1.82, 2.24) is 4.90 Å². The first-order valence-electron chi connectivity index (χ1n) is 8.61. The third-order valence-corrected chi connectivity index (χ3v) is 4.91. The Labute approximate surface area is 167 Å². The maximum atomic E-state index is 12.4. The minimum atomic E-state index is -0.536. The molecule has 3 rings (SSSR count). The van der Waals surface area contributed by atoms with E-state index < -0.39 is 4.92 Å². The lowest BCUT2D eigenvalue weighted by molar-refractivity contribution is -0.384. The molecule has 0 aromatic heterocycles. The van der Waals surface area contributed by atoms with Gasteiger partial charge in [0.25, 0.3) is 5.69 Å². The molecule has 2 aromatic rings. The summed E-state index contributed by atoms with van der Waals surface area (Å²) in [6, 6.07) is 7.86. The van der Waals surface area contributed by atoms with Gasteiger partial charge in [0.2, 0.25) is 5.91 Å². The van der Waals surface area contributed by atoms with Crippen molar-refractivity contribution in [2.45, 2.75) is 13.0 Å². The number of anilines is 1. The van der Waals surface area contributed by atoms with Crippen molar-refractivity contribution >= 4 is 28.9 Å². The average molecular weight is 406 g/mol. The van der Waals surface area contributed by atoms with Crippen LogP contribution in [0.4, 0.5) is 11.4 Å². The fourth-order valence-corrected chi connectivity index (χ4v) is 3.41. The van der Waals surface area contributed by atoms with E-state index in [0.717, 1.165) is 18.5 Å². The van der Waals surface area contributed by atoms with E-state index in [9.17, 15) is 14.9 Å². The van der Waals surface area contributed by atoms with E-state index in [0.29, 0.717) is 23.7 Å². The van der Waals surface area contributed by atoms with Crippen LogP contribution in [-0.4, -0.2) is 43.0 Å². The average Bonchev–Trinajstić information content (AvgIpc) is 2.68. The van der Waals surface area contributed by atoms with E-state index in [1.54, 1.807) is 14.2 Å². The second-order valence-electron chi connectivity index (χ2n) is 6.41. The number of nitrogens with one attached hydrogen (secondary N) is 1. The zero-order valence-corrected chi connectivity index (χ0v) is 16.3. The summed E-state index contributed by atoms with van der Waals surface area (Å²) >= 11 is 6.03. The summed E-state index contributed by atoms with van der Waals surface area (Å²) < 4.78 is 10.7. The minimum Gasteiger partial charge on any atom is -0.493 e. The van der Waals surface area contributed by atoms with Crippen LogP contribution in [0.15, 0.2) is 30.3 Å². The van der Waals surface area contributed by atoms with Crippen molar-refractivity contribution in [3.63, 3.8) is 0 Å². The Kier molecular flexibility index (Phi) is 6.01. The summed E-state index contributed by atoms with van der Waals surface area (Å²) in [7, 11) is 3.19. The number of ether oxygens (including phenoxy) is 2. The van der Waals surface area contributed by atoms with E-state index in [1.807, 2.05) is 17.0 Å². The molecule has 0 radical (unpaired) electrons. The van der Waals surface area contributed by atoms with Gasteiger partial charge in [-0.05, 0) is 35.7 Å². The van der Waals surface area contributed by atoms with Crippen molar-refractivity contribution in [3.05, 3.63) is 56.6 Å². The molecule has 0 fully saturated rings. The number of nitrogens with zero attached hydrogens (tertiary/aromatic N) is 2. The second kappa shape index (κ2) is 8.45. The van der Waals surface area contributed by atoms with Crippen molar-refractivity contribution < 1.29 is 19.2 Å². The summed E-state index contributed by atoms with van der Waals surface area (Å²) in [5.41, 5.74) is 2.49. The highest BCUT2D eigenvalue weighted by atomic mass is 35.5. The summed E-state index contributed by atoms with van der Waals surface area (Å²) in [6.45, 7) is 1.52. The summed E-state index contributed by atoms with van der Waals surface area (Å²) in [6.07, 6.45) is 0.793. The Hall–Kier alpha value is -2.84. The van der Waals surface area contributed by atoms with Crippen LogP contribution >= 0.6 is 11.6 Å². The van der Waals surface area contributed by atoms with Gasteiger partial charge in [-0.2, -0.15) is 0 Å². The van der Waals surface area contributed by atoms with Crippen LogP contribution in [0.5, 0.6) is 11.5 Å². The maximum absolute atomic E-state index is 12.4. The first-order valence-corrected chi connectivity index (χ1v) is 8.99. The van der Waals surface area contributed by atoms with Crippen LogP contribution in [0.3, 0.4) is 0 Å². The fourth-order valence-electron chi connectivity index (χ4n) is 3.19. The Morgan fingerprint density at radius 3 is 2.50 bits per heavy atom. The highest BCUT2D eigenvalue weighted by Crippen LogP contribution is 2.33. The van der Waals surface area contributed by atoms with Crippen molar-refractivity contribution in [2.24, 2.45) is 0 Å². The van der Waals surface area contributed by atoms with Gasteiger partial charge in [0.1, 0.15) is 0 Å². The number of halogens is 1. The topological polar surface area (TPSA) is 93.9 Å². The van der Waals surface area contributed by atoms with Gasteiger partial charge in [0.05, 0.1) is 36.4 Å². The Balaban J connectivity index is 1.65. The van der Waals surface area contributed by atoms with Gasteiger partial charge in [-0.1, -0.05) is 11.6 Å². The molecule has 8 nitrogen and oxygen atoms in total. The van der Waals surface area contributed by atoms with Crippen molar-refractivity contribution in [3.8, 4) is 11.5 Å². The number of amides is 1.